The number of hydrogen-bond acceptors (Lipinski definition) is 1. The second-order valence-electron chi connectivity index (χ2n) is 4.44. The minimum atomic E-state index is 0.265. The molecule has 2 nitrogen and oxygen atoms in total. The van der Waals surface area contributed by atoms with Crippen LogP contribution in [0.1, 0.15) is 31.4 Å². The molecule has 82 valence electrons. The molecule has 0 spiro atoms. The Hall–Kier alpha value is -1.31. The van der Waals surface area contributed by atoms with Gasteiger partial charge in [-0.05, 0) is 29.9 Å². The number of rotatable bonds is 5. The molecule has 2 heteroatoms. The van der Waals surface area contributed by atoms with Gasteiger partial charge in [-0.2, -0.15) is 0 Å². The van der Waals surface area contributed by atoms with E-state index in [0.717, 1.165) is 12.8 Å². The molecule has 0 fully saturated rings. The lowest BCUT2D eigenvalue weighted by molar-refractivity contribution is 0.647. The van der Waals surface area contributed by atoms with Crippen molar-refractivity contribution in [3.63, 3.8) is 0 Å². The fourth-order valence-corrected chi connectivity index (χ4v) is 1.59. The molecule has 0 bridgehead atoms. The van der Waals surface area contributed by atoms with Gasteiger partial charge in [0.2, 0.25) is 0 Å². The first-order valence-electron chi connectivity index (χ1n) is 5.48. The van der Waals surface area contributed by atoms with Crippen LogP contribution in [0.3, 0.4) is 0 Å². The lowest BCUT2D eigenvalue weighted by Crippen LogP contribution is -2.10. The van der Waals surface area contributed by atoms with Crippen molar-refractivity contribution in [2.24, 2.45) is 11.7 Å². The number of nitrogens with one attached hydrogen (secondary N) is 1. The molecule has 0 heterocycles. The van der Waals surface area contributed by atoms with Crippen LogP contribution in [-0.4, -0.2) is 5.84 Å². The quantitative estimate of drug-likeness (QED) is 0.562. The maximum Gasteiger partial charge on any atom is 0.0908 e. The summed E-state index contributed by atoms with van der Waals surface area (Å²) in [6, 6.07) is 8.63. The Morgan fingerprint density at radius 1 is 1.20 bits per heavy atom. The maximum atomic E-state index is 7.16. The largest absolute Gasteiger partial charge is 0.388 e. The van der Waals surface area contributed by atoms with Crippen LogP contribution < -0.4 is 5.73 Å². The normalized spacial score (nSPS) is 10.6. The molecule has 0 aromatic heterocycles. The van der Waals surface area contributed by atoms with Gasteiger partial charge in [0.25, 0.3) is 0 Å². The molecule has 1 aromatic carbocycles. The molecule has 0 aliphatic carbocycles. The molecule has 0 saturated heterocycles. The topological polar surface area (TPSA) is 49.9 Å². The first-order valence-corrected chi connectivity index (χ1v) is 5.48. The van der Waals surface area contributed by atoms with E-state index in [0.29, 0.717) is 12.3 Å². The molecule has 3 N–H and O–H groups in total. The van der Waals surface area contributed by atoms with E-state index < -0.39 is 0 Å². The molecular weight excluding hydrogens is 184 g/mol. The summed E-state index contributed by atoms with van der Waals surface area (Å²) >= 11 is 0. The van der Waals surface area contributed by atoms with E-state index in [2.05, 4.69) is 38.1 Å². The van der Waals surface area contributed by atoms with Crippen LogP contribution in [0.15, 0.2) is 24.3 Å². The summed E-state index contributed by atoms with van der Waals surface area (Å²) in [5.41, 5.74) is 7.97. The SMILES string of the molecule is CC(C)Cc1ccc(CCC(=N)N)cc1. The Kier molecular flexibility index (Phi) is 4.35. The van der Waals surface area contributed by atoms with Crippen LogP contribution in [0.5, 0.6) is 0 Å². The van der Waals surface area contributed by atoms with Gasteiger partial charge >= 0.3 is 0 Å². The predicted octanol–water partition coefficient (Wildman–Crippen LogP) is 2.75. The zero-order valence-electron chi connectivity index (χ0n) is 9.59. The van der Waals surface area contributed by atoms with E-state index in [1.165, 1.54) is 11.1 Å². The highest BCUT2D eigenvalue weighted by atomic mass is 14.7. The van der Waals surface area contributed by atoms with Crippen LogP contribution in [0.2, 0.25) is 0 Å². The third-order valence-electron chi connectivity index (χ3n) is 2.35. The van der Waals surface area contributed by atoms with Gasteiger partial charge in [-0.1, -0.05) is 38.1 Å². The Labute approximate surface area is 92.0 Å². The molecule has 15 heavy (non-hydrogen) atoms. The van der Waals surface area contributed by atoms with Crippen molar-refractivity contribution < 1.29 is 0 Å². The van der Waals surface area contributed by atoms with E-state index in [4.69, 9.17) is 11.1 Å². The van der Waals surface area contributed by atoms with Gasteiger partial charge in [-0.3, -0.25) is 5.41 Å². The number of nitrogens with two attached hydrogens (primary N) is 1. The predicted molar refractivity (Wildman–Crippen MR) is 65.2 cm³/mol. The van der Waals surface area contributed by atoms with Gasteiger partial charge < -0.3 is 5.73 Å². The summed E-state index contributed by atoms with van der Waals surface area (Å²) in [5.74, 6) is 0.967. The van der Waals surface area contributed by atoms with Crippen molar-refractivity contribution in [1.82, 2.24) is 0 Å². The first kappa shape index (κ1) is 11.8. The second kappa shape index (κ2) is 5.54. The molecule has 0 radical (unpaired) electrons. The average molecular weight is 204 g/mol. The molecule has 1 rings (SSSR count). The van der Waals surface area contributed by atoms with E-state index in [1.54, 1.807) is 0 Å². The molecule has 0 unspecified atom stereocenters. The van der Waals surface area contributed by atoms with Gasteiger partial charge in [0.15, 0.2) is 0 Å². The summed E-state index contributed by atoms with van der Waals surface area (Å²) in [7, 11) is 0. The molecule has 0 amide bonds. The Morgan fingerprint density at radius 3 is 2.20 bits per heavy atom. The number of aryl methyl sites for hydroxylation is 1. The van der Waals surface area contributed by atoms with Crippen molar-refractivity contribution in [3.05, 3.63) is 35.4 Å². The first-order chi connectivity index (χ1) is 7.08. The Balaban J connectivity index is 2.52. The minimum absolute atomic E-state index is 0.265. The molecule has 0 atom stereocenters. The minimum Gasteiger partial charge on any atom is -0.388 e. The summed E-state index contributed by atoms with van der Waals surface area (Å²) in [5, 5.41) is 7.16. The van der Waals surface area contributed by atoms with Gasteiger partial charge in [-0.15, -0.1) is 0 Å². The highest BCUT2D eigenvalue weighted by molar-refractivity contribution is 5.77. The molecule has 0 saturated carbocycles. The summed E-state index contributed by atoms with van der Waals surface area (Å²) in [6.45, 7) is 4.45. The summed E-state index contributed by atoms with van der Waals surface area (Å²) < 4.78 is 0. The third kappa shape index (κ3) is 4.63. The lowest BCUT2D eigenvalue weighted by Gasteiger charge is -2.06. The smallest absolute Gasteiger partial charge is 0.0908 e. The monoisotopic (exact) mass is 204 g/mol. The second-order valence-corrected chi connectivity index (χ2v) is 4.44. The van der Waals surface area contributed by atoms with Crippen LogP contribution in [0, 0.1) is 11.3 Å². The summed E-state index contributed by atoms with van der Waals surface area (Å²) in [4.78, 5) is 0. The van der Waals surface area contributed by atoms with Crippen molar-refractivity contribution in [1.29, 1.82) is 5.41 Å². The van der Waals surface area contributed by atoms with Gasteiger partial charge in [0, 0.05) is 6.42 Å². The van der Waals surface area contributed by atoms with Gasteiger partial charge in [0.1, 0.15) is 0 Å². The van der Waals surface area contributed by atoms with Crippen molar-refractivity contribution in [2.75, 3.05) is 0 Å². The highest BCUT2D eigenvalue weighted by Gasteiger charge is 1.98. The standard InChI is InChI=1S/C13H20N2/c1-10(2)9-12-5-3-11(4-6-12)7-8-13(14)15/h3-6,10H,7-9H2,1-2H3,(H3,14,15). The van der Waals surface area contributed by atoms with E-state index in [-0.39, 0.29) is 5.84 Å². The van der Waals surface area contributed by atoms with Crippen LogP contribution >= 0.6 is 0 Å². The zero-order chi connectivity index (χ0) is 11.3. The van der Waals surface area contributed by atoms with E-state index in [9.17, 15) is 0 Å². The zero-order valence-corrected chi connectivity index (χ0v) is 9.59. The average Bonchev–Trinajstić information content (AvgIpc) is 2.16. The molecule has 0 aliphatic heterocycles. The van der Waals surface area contributed by atoms with Crippen molar-refractivity contribution >= 4 is 5.84 Å². The Morgan fingerprint density at radius 2 is 1.73 bits per heavy atom. The molecular formula is C13H20N2. The van der Waals surface area contributed by atoms with E-state index >= 15 is 0 Å². The number of benzene rings is 1. The van der Waals surface area contributed by atoms with Gasteiger partial charge in [-0.25, -0.2) is 0 Å². The summed E-state index contributed by atoms with van der Waals surface area (Å²) in [6.07, 6.45) is 2.66. The Bertz CT molecular complexity index is 312. The lowest BCUT2D eigenvalue weighted by atomic mass is 10.0. The highest BCUT2D eigenvalue weighted by Crippen LogP contribution is 2.10. The molecule has 1 aromatic rings. The maximum absolute atomic E-state index is 7.16. The van der Waals surface area contributed by atoms with Crippen LogP contribution in [-0.2, 0) is 12.8 Å². The number of hydrogen-bond donors (Lipinski definition) is 2. The van der Waals surface area contributed by atoms with Gasteiger partial charge in [0.05, 0.1) is 5.84 Å². The van der Waals surface area contributed by atoms with Crippen molar-refractivity contribution in [3.8, 4) is 0 Å². The molecule has 0 aliphatic rings. The van der Waals surface area contributed by atoms with E-state index in [1.807, 2.05) is 0 Å². The van der Waals surface area contributed by atoms with Crippen molar-refractivity contribution in [2.45, 2.75) is 33.1 Å². The number of amidine groups is 1. The van der Waals surface area contributed by atoms with Crippen LogP contribution in [0.25, 0.3) is 0 Å². The fraction of sp³-hybridized carbons (Fsp3) is 0.462. The van der Waals surface area contributed by atoms with Crippen LogP contribution in [0.4, 0.5) is 0 Å². The fourth-order valence-electron chi connectivity index (χ4n) is 1.59. The third-order valence-corrected chi connectivity index (χ3v) is 2.35.